The second-order valence-corrected chi connectivity index (χ2v) is 6.77. The number of halogens is 1. The first-order valence-electron chi connectivity index (χ1n) is 9.78. The molecule has 3 N–H and O–H groups in total. The molecule has 0 saturated carbocycles. The van der Waals surface area contributed by atoms with Gasteiger partial charge in [0.25, 0.3) is 0 Å². The minimum Gasteiger partial charge on any atom is -0.494 e. The van der Waals surface area contributed by atoms with E-state index in [1.807, 2.05) is 19.1 Å². The van der Waals surface area contributed by atoms with Crippen LogP contribution in [0.4, 0.5) is 0 Å². The number of guanidine groups is 1. The van der Waals surface area contributed by atoms with Gasteiger partial charge < -0.3 is 29.8 Å². The largest absolute Gasteiger partial charge is 0.494 e. The smallest absolute Gasteiger partial charge is 0.239 e. The van der Waals surface area contributed by atoms with Crippen molar-refractivity contribution >= 4 is 35.8 Å². The van der Waals surface area contributed by atoms with Gasteiger partial charge in [0.15, 0.2) is 5.96 Å². The highest BCUT2D eigenvalue weighted by Crippen LogP contribution is 2.35. The van der Waals surface area contributed by atoms with Crippen molar-refractivity contribution < 1.29 is 18.7 Å². The van der Waals surface area contributed by atoms with Gasteiger partial charge in [-0.1, -0.05) is 0 Å². The Kier molecular flexibility index (Phi) is 9.28. The number of hydrogen-bond donors (Lipinski definition) is 3. The van der Waals surface area contributed by atoms with Crippen molar-refractivity contribution in [1.29, 1.82) is 0 Å². The molecule has 2 heterocycles. The van der Waals surface area contributed by atoms with Crippen molar-refractivity contribution in [1.82, 2.24) is 16.0 Å². The van der Waals surface area contributed by atoms with Crippen LogP contribution in [-0.4, -0.2) is 38.2 Å². The number of carbonyl (C=O) groups is 1. The molecule has 164 valence electrons. The normalized spacial score (nSPS) is 14.9. The zero-order chi connectivity index (χ0) is 20.6. The standard InChI is InChI=1S/C21H28N4O4.HI/c1-4-27-18-9-15-8-14(2)29-19(15)10-16(18)11-24-21(22-3)25-13-20(26)23-12-17-6-5-7-28-17;/h5-7,9-10,14H,4,8,11-13H2,1-3H3,(H,23,26)(H2,22,24,25);1H. The number of fused-ring (bicyclic) bond motifs is 1. The van der Waals surface area contributed by atoms with Crippen LogP contribution < -0.4 is 25.4 Å². The zero-order valence-electron chi connectivity index (χ0n) is 17.5. The lowest BCUT2D eigenvalue weighted by Crippen LogP contribution is -2.42. The average Bonchev–Trinajstić information content (AvgIpc) is 3.35. The summed E-state index contributed by atoms with van der Waals surface area (Å²) in [7, 11) is 1.66. The molecule has 0 bridgehead atoms. The predicted octanol–water partition coefficient (Wildman–Crippen LogP) is 2.60. The number of ether oxygens (including phenoxy) is 2. The fraction of sp³-hybridized carbons (Fsp3) is 0.429. The van der Waals surface area contributed by atoms with Gasteiger partial charge in [-0.2, -0.15) is 0 Å². The minimum atomic E-state index is -0.153. The zero-order valence-corrected chi connectivity index (χ0v) is 19.8. The maximum absolute atomic E-state index is 12.0. The van der Waals surface area contributed by atoms with Crippen molar-refractivity contribution in [2.75, 3.05) is 20.2 Å². The van der Waals surface area contributed by atoms with Gasteiger partial charge in [0.05, 0.1) is 26.0 Å². The van der Waals surface area contributed by atoms with E-state index in [0.29, 0.717) is 31.4 Å². The SMILES string of the molecule is CCOc1cc2c(cc1CNC(=NC)NCC(=O)NCc1ccco1)OC(C)C2.I. The van der Waals surface area contributed by atoms with Crippen LogP contribution in [0.25, 0.3) is 0 Å². The van der Waals surface area contributed by atoms with E-state index in [2.05, 4.69) is 33.9 Å². The number of nitrogens with zero attached hydrogens (tertiary/aromatic N) is 1. The molecule has 2 aromatic rings. The number of amides is 1. The monoisotopic (exact) mass is 528 g/mol. The van der Waals surface area contributed by atoms with E-state index < -0.39 is 0 Å². The van der Waals surface area contributed by atoms with Crippen molar-refractivity contribution in [2.24, 2.45) is 4.99 Å². The van der Waals surface area contributed by atoms with Crippen molar-refractivity contribution in [2.45, 2.75) is 39.5 Å². The highest BCUT2D eigenvalue weighted by Gasteiger charge is 2.22. The number of carbonyl (C=O) groups excluding carboxylic acids is 1. The maximum Gasteiger partial charge on any atom is 0.239 e. The second kappa shape index (κ2) is 11.7. The summed E-state index contributed by atoms with van der Waals surface area (Å²) in [5.74, 6) is 2.81. The first-order chi connectivity index (χ1) is 14.1. The molecular weight excluding hydrogens is 499 g/mol. The summed E-state index contributed by atoms with van der Waals surface area (Å²) in [6.45, 7) is 5.56. The summed E-state index contributed by atoms with van der Waals surface area (Å²) in [5.41, 5.74) is 2.14. The summed E-state index contributed by atoms with van der Waals surface area (Å²) in [6, 6.07) is 7.66. The Hall–Kier alpha value is -2.43. The minimum absolute atomic E-state index is 0. The van der Waals surface area contributed by atoms with Gasteiger partial charge in [0.2, 0.25) is 5.91 Å². The van der Waals surface area contributed by atoms with Gasteiger partial charge >= 0.3 is 0 Å². The number of nitrogens with one attached hydrogen (secondary N) is 3. The Morgan fingerprint density at radius 2 is 2.10 bits per heavy atom. The number of rotatable bonds is 8. The van der Waals surface area contributed by atoms with E-state index in [9.17, 15) is 4.79 Å². The Morgan fingerprint density at radius 3 is 2.80 bits per heavy atom. The lowest BCUT2D eigenvalue weighted by molar-refractivity contribution is -0.120. The lowest BCUT2D eigenvalue weighted by atomic mass is 10.1. The molecule has 9 heteroatoms. The molecule has 0 spiro atoms. The summed E-state index contributed by atoms with van der Waals surface area (Å²) < 4.78 is 16.9. The molecule has 1 aromatic carbocycles. The molecular formula is C21H29IN4O4. The summed E-state index contributed by atoms with van der Waals surface area (Å²) in [6.07, 6.45) is 2.64. The Balaban J connectivity index is 0.00000320. The van der Waals surface area contributed by atoms with Gasteiger partial charge in [-0.25, -0.2) is 0 Å². The van der Waals surface area contributed by atoms with Crippen LogP contribution in [-0.2, 0) is 24.3 Å². The highest BCUT2D eigenvalue weighted by atomic mass is 127. The Labute approximate surface area is 193 Å². The quantitative estimate of drug-likeness (QED) is 0.277. The van der Waals surface area contributed by atoms with Crippen LogP contribution in [0.15, 0.2) is 39.9 Å². The molecule has 1 atom stereocenters. The molecule has 1 aliphatic heterocycles. The molecule has 30 heavy (non-hydrogen) atoms. The van der Waals surface area contributed by atoms with Crippen molar-refractivity contribution in [3.8, 4) is 11.5 Å². The van der Waals surface area contributed by atoms with Gasteiger partial charge in [0, 0.05) is 31.1 Å². The van der Waals surface area contributed by atoms with E-state index >= 15 is 0 Å². The molecule has 3 rings (SSSR count). The summed E-state index contributed by atoms with van der Waals surface area (Å²) >= 11 is 0. The molecule has 1 unspecified atom stereocenters. The number of furan rings is 1. The van der Waals surface area contributed by atoms with E-state index in [1.54, 1.807) is 19.4 Å². The molecule has 8 nitrogen and oxygen atoms in total. The van der Waals surface area contributed by atoms with Gasteiger partial charge in [-0.05, 0) is 38.1 Å². The number of benzene rings is 1. The van der Waals surface area contributed by atoms with Crippen LogP contribution in [0.2, 0.25) is 0 Å². The maximum atomic E-state index is 12.0. The topological polar surface area (TPSA) is 97.1 Å². The molecule has 1 aliphatic rings. The van der Waals surface area contributed by atoms with E-state index in [-0.39, 0.29) is 42.5 Å². The van der Waals surface area contributed by atoms with Crippen molar-refractivity contribution in [3.05, 3.63) is 47.4 Å². The molecule has 1 aromatic heterocycles. The third-order valence-electron chi connectivity index (χ3n) is 4.51. The van der Waals surface area contributed by atoms with Crippen LogP contribution in [0.5, 0.6) is 11.5 Å². The van der Waals surface area contributed by atoms with Crippen molar-refractivity contribution in [3.63, 3.8) is 0 Å². The fourth-order valence-corrected chi connectivity index (χ4v) is 3.13. The summed E-state index contributed by atoms with van der Waals surface area (Å²) in [4.78, 5) is 16.2. The molecule has 1 amide bonds. The van der Waals surface area contributed by atoms with E-state index in [1.165, 1.54) is 5.56 Å². The van der Waals surface area contributed by atoms with Gasteiger partial charge in [0.1, 0.15) is 23.4 Å². The molecule has 0 radical (unpaired) electrons. The predicted molar refractivity (Wildman–Crippen MR) is 126 cm³/mol. The first-order valence-corrected chi connectivity index (χ1v) is 9.78. The third kappa shape index (κ3) is 6.54. The summed E-state index contributed by atoms with van der Waals surface area (Å²) in [5, 5.41) is 9.00. The van der Waals surface area contributed by atoms with E-state index in [0.717, 1.165) is 23.5 Å². The lowest BCUT2D eigenvalue weighted by Gasteiger charge is -2.15. The molecule has 0 aliphatic carbocycles. The first kappa shape index (κ1) is 23.8. The number of aliphatic imine (C=N–C) groups is 1. The highest BCUT2D eigenvalue weighted by molar-refractivity contribution is 14.0. The number of hydrogen-bond acceptors (Lipinski definition) is 5. The fourth-order valence-electron chi connectivity index (χ4n) is 3.13. The van der Waals surface area contributed by atoms with Gasteiger partial charge in [-0.3, -0.25) is 9.79 Å². The van der Waals surface area contributed by atoms with Crippen LogP contribution in [0.3, 0.4) is 0 Å². The Bertz CT molecular complexity index is 855. The van der Waals surface area contributed by atoms with E-state index in [4.69, 9.17) is 13.9 Å². The van der Waals surface area contributed by atoms with Crippen LogP contribution in [0, 0.1) is 0 Å². The van der Waals surface area contributed by atoms with Crippen LogP contribution >= 0.6 is 24.0 Å². The Morgan fingerprint density at radius 1 is 1.27 bits per heavy atom. The van der Waals surface area contributed by atoms with Gasteiger partial charge in [-0.15, -0.1) is 24.0 Å². The average molecular weight is 528 g/mol. The third-order valence-corrected chi connectivity index (χ3v) is 4.51. The molecule has 0 fully saturated rings. The molecule has 0 saturated heterocycles. The van der Waals surface area contributed by atoms with Crippen LogP contribution in [0.1, 0.15) is 30.7 Å². The second-order valence-electron chi connectivity index (χ2n) is 6.77.